The van der Waals surface area contributed by atoms with E-state index in [0.717, 1.165) is 29.1 Å². The maximum absolute atomic E-state index is 8.77. The van der Waals surface area contributed by atoms with Gasteiger partial charge in [-0.3, -0.25) is 0 Å². The van der Waals surface area contributed by atoms with Crippen molar-refractivity contribution in [3.8, 4) is 11.8 Å². The van der Waals surface area contributed by atoms with Crippen LogP contribution in [0.4, 0.5) is 5.69 Å². The van der Waals surface area contributed by atoms with Crippen LogP contribution < -0.4 is 10.1 Å². The van der Waals surface area contributed by atoms with E-state index in [-0.39, 0.29) is 0 Å². The topological polar surface area (TPSA) is 45.0 Å². The minimum absolute atomic E-state index is 0.678. The van der Waals surface area contributed by atoms with Crippen molar-refractivity contribution in [3.05, 3.63) is 59.2 Å². The van der Waals surface area contributed by atoms with E-state index in [1.54, 1.807) is 0 Å². The maximum Gasteiger partial charge on any atom is 0.119 e. The summed E-state index contributed by atoms with van der Waals surface area (Å²) in [6.07, 6.45) is 0. The standard InChI is InChI=1S/C17H18N2O/c1-3-20-16-8-9-17(13(2)10-16)19-12-15-6-4-14(11-18)5-7-15/h4-10,19H,3,12H2,1-2H3. The molecule has 2 rings (SSSR count). The van der Waals surface area contributed by atoms with Crippen LogP contribution in [0.3, 0.4) is 0 Å². The fourth-order valence-electron chi connectivity index (χ4n) is 1.99. The number of rotatable bonds is 5. The van der Waals surface area contributed by atoms with Gasteiger partial charge >= 0.3 is 0 Å². The van der Waals surface area contributed by atoms with E-state index >= 15 is 0 Å². The lowest BCUT2D eigenvalue weighted by molar-refractivity contribution is 0.340. The summed E-state index contributed by atoms with van der Waals surface area (Å²) >= 11 is 0. The zero-order chi connectivity index (χ0) is 14.4. The summed E-state index contributed by atoms with van der Waals surface area (Å²) < 4.78 is 5.47. The van der Waals surface area contributed by atoms with Gasteiger partial charge in [-0.15, -0.1) is 0 Å². The number of aryl methyl sites for hydroxylation is 1. The number of nitrogens with one attached hydrogen (secondary N) is 1. The van der Waals surface area contributed by atoms with Gasteiger partial charge in [-0.1, -0.05) is 12.1 Å². The second-order valence-electron chi connectivity index (χ2n) is 4.57. The van der Waals surface area contributed by atoms with Crippen LogP contribution in [0.25, 0.3) is 0 Å². The molecule has 0 aromatic heterocycles. The molecule has 0 bridgehead atoms. The van der Waals surface area contributed by atoms with Crippen LogP contribution >= 0.6 is 0 Å². The Kier molecular flexibility index (Phi) is 4.62. The Bertz CT molecular complexity index is 612. The van der Waals surface area contributed by atoms with E-state index in [9.17, 15) is 0 Å². The molecular weight excluding hydrogens is 248 g/mol. The highest BCUT2D eigenvalue weighted by molar-refractivity contribution is 5.54. The summed E-state index contributed by atoms with van der Waals surface area (Å²) in [5, 5.41) is 12.2. The first-order valence-corrected chi connectivity index (χ1v) is 6.69. The molecular formula is C17H18N2O. The Morgan fingerprint density at radius 2 is 1.90 bits per heavy atom. The van der Waals surface area contributed by atoms with Gasteiger partial charge in [0, 0.05) is 12.2 Å². The van der Waals surface area contributed by atoms with Gasteiger partial charge in [0.05, 0.1) is 18.2 Å². The predicted octanol–water partition coefficient (Wildman–Crippen LogP) is 3.88. The minimum atomic E-state index is 0.678. The molecule has 2 aromatic rings. The monoisotopic (exact) mass is 266 g/mol. The summed E-state index contributed by atoms with van der Waals surface area (Å²) in [6, 6.07) is 15.8. The molecule has 0 amide bonds. The smallest absolute Gasteiger partial charge is 0.119 e. The molecule has 0 aliphatic rings. The summed E-state index contributed by atoms with van der Waals surface area (Å²) in [5.41, 5.74) is 4.09. The summed E-state index contributed by atoms with van der Waals surface area (Å²) in [4.78, 5) is 0. The van der Waals surface area contributed by atoms with Crippen LogP contribution in [-0.4, -0.2) is 6.61 Å². The van der Waals surface area contributed by atoms with E-state index < -0.39 is 0 Å². The largest absolute Gasteiger partial charge is 0.494 e. The Hall–Kier alpha value is -2.47. The zero-order valence-corrected chi connectivity index (χ0v) is 11.8. The van der Waals surface area contributed by atoms with Gasteiger partial charge in [-0.05, 0) is 55.3 Å². The molecule has 0 unspecified atom stereocenters. The van der Waals surface area contributed by atoms with Crippen molar-refractivity contribution in [1.82, 2.24) is 0 Å². The molecule has 0 atom stereocenters. The molecule has 0 fully saturated rings. The summed E-state index contributed by atoms with van der Waals surface area (Å²) in [6.45, 7) is 5.45. The zero-order valence-electron chi connectivity index (χ0n) is 11.8. The molecule has 0 saturated heterocycles. The number of hydrogen-bond donors (Lipinski definition) is 1. The third-order valence-corrected chi connectivity index (χ3v) is 3.07. The van der Waals surface area contributed by atoms with E-state index in [0.29, 0.717) is 12.2 Å². The Morgan fingerprint density at radius 3 is 2.50 bits per heavy atom. The molecule has 3 heteroatoms. The van der Waals surface area contributed by atoms with Gasteiger partial charge in [0.15, 0.2) is 0 Å². The molecule has 20 heavy (non-hydrogen) atoms. The first-order chi connectivity index (χ1) is 9.72. The van der Waals surface area contributed by atoms with Crippen LogP contribution in [0, 0.1) is 18.3 Å². The molecule has 3 nitrogen and oxygen atoms in total. The fourth-order valence-corrected chi connectivity index (χ4v) is 1.99. The number of anilines is 1. The van der Waals surface area contributed by atoms with Crippen LogP contribution in [0.1, 0.15) is 23.6 Å². The van der Waals surface area contributed by atoms with E-state index in [1.165, 1.54) is 0 Å². The van der Waals surface area contributed by atoms with Crippen LogP contribution in [0.2, 0.25) is 0 Å². The lowest BCUT2D eigenvalue weighted by atomic mass is 10.1. The predicted molar refractivity (Wildman–Crippen MR) is 80.8 cm³/mol. The van der Waals surface area contributed by atoms with Crippen molar-refractivity contribution in [1.29, 1.82) is 5.26 Å². The van der Waals surface area contributed by atoms with Gasteiger partial charge in [-0.25, -0.2) is 0 Å². The lowest BCUT2D eigenvalue weighted by Crippen LogP contribution is -2.01. The molecule has 0 heterocycles. The number of nitrogens with zero attached hydrogens (tertiary/aromatic N) is 1. The molecule has 102 valence electrons. The normalized spacial score (nSPS) is 9.85. The highest BCUT2D eigenvalue weighted by Crippen LogP contribution is 2.22. The Morgan fingerprint density at radius 1 is 1.15 bits per heavy atom. The first-order valence-electron chi connectivity index (χ1n) is 6.69. The van der Waals surface area contributed by atoms with Crippen molar-refractivity contribution in [2.45, 2.75) is 20.4 Å². The summed E-state index contributed by atoms with van der Waals surface area (Å²) in [7, 11) is 0. The van der Waals surface area contributed by atoms with E-state index in [1.807, 2.05) is 49.4 Å². The fraction of sp³-hybridized carbons (Fsp3) is 0.235. The van der Waals surface area contributed by atoms with E-state index in [4.69, 9.17) is 10.00 Å². The van der Waals surface area contributed by atoms with Crippen LogP contribution in [0.5, 0.6) is 5.75 Å². The van der Waals surface area contributed by atoms with Crippen LogP contribution in [0.15, 0.2) is 42.5 Å². The second-order valence-corrected chi connectivity index (χ2v) is 4.57. The van der Waals surface area contributed by atoms with Gasteiger partial charge in [0.25, 0.3) is 0 Å². The SMILES string of the molecule is CCOc1ccc(NCc2ccc(C#N)cc2)c(C)c1. The molecule has 0 spiro atoms. The van der Waals surface area contributed by atoms with E-state index in [2.05, 4.69) is 18.3 Å². The number of benzene rings is 2. The average Bonchev–Trinajstić information content (AvgIpc) is 2.47. The third-order valence-electron chi connectivity index (χ3n) is 3.07. The number of ether oxygens (including phenoxy) is 1. The highest BCUT2D eigenvalue weighted by Gasteiger charge is 2.01. The maximum atomic E-state index is 8.77. The first kappa shape index (κ1) is 14.0. The molecule has 0 radical (unpaired) electrons. The van der Waals surface area contributed by atoms with Gasteiger partial charge in [0.2, 0.25) is 0 Å². The molecule has 0 saturated carbocycles. The van der Waals surface area contributed by atoms with Gasteiger partial charge in [0.1, 0.15) is 5.75 Å². The second kappa shape index (κ2) is 6.63. The van der Waals surface area contributed by atoms with Crippen molar-refractivity contribution < 1.29 is 4.74 Å². The molecule has 2 aromatic carbocycles. The molecule has 1 N–H and O–H groups in total. The molecule has 0 aliphatic heterocycles. The Balaban J connectivity index is 2.01. The Labute approximate surface area is 119 Å². The highest BCUT2D eigenvalue weighted by atomic mass is 16.5. The number of nitriles is 1. The molecule has 0 aliphatic carbocycles. The number of hydrogen-bond acceptors (Lipinski definition) is 3. The van der Waals surface area contributed by atoms with Crippen molar-refractivity contribution in [3.63, 3.8) is 0 Å². The third kappa shape index (κ3) is 3.52. The quantitative estimate of drug-likeness (QED) is 0.893. The minimum Gasteiger partial charge on any atom is -0.494 e. The van der Waals surface area contributed by atoms with Crippen LogP contribution in [-0.2, 0) is 6.54 Å². The van der Waals surface area contributed by atoms with Crippen molar-refractivity contribution in [2.75, 3.05) is 11.9 Å². The summed E-state index contributed by atoms with van der Waals surface area (Å²) in [5.74, 6) is 0.897. The average molecular weight is 266 g/mol. The van der Waals surface area contributed by atoms with Gasteiger partial charge in [-0.2, -0.15) is 5.26 Å². The van der Waals surface area contributed by atoms with Crippen molar-refractivity contribution >= 4 is 5.69 Å². The lowest BCUT2D eigenvalue weighted by Gasteiger charge is -2.11. The van der Waals surface area contributed by atoms with Crippen molar-refractivity contribution in [2.24, 2.45) is 0 Å². The van der Waals surface area contributed by atoms with Gasteiger partial charge < -0.3 is 10.1 Å².